The third-order valence-corrected chi connectivity index (χ3v) is 2.46. The molecule has 0 radical (unpaired) electrons. The number of likely N-dealkylation sites (N-methyl/N-ethyl adjacent to an activating group) is 1. The molecule has 0 fully saturated rings. The van der Waals surface area contributed by atoms with Crippen LogP contribution in [0.5, 0.6) is 0 Å². The number of benzene rings is 1. The molecule has 0 N–H and O–H groups in total. The van der Waals surface area contributed by atoms with Gasteiger partial charge in [0.2, 0.25) is 0 Å². The fourth-order valence-corrected chi connectivity index (χ4v) is 1.61. The van der Waals surface area contributed by atoms with E-state index in [2.05, 4.69) is 17.9 Å². The number of hydrogen-bond donors (Lipinski definition) is 0. The van der Waals surface area contributed by atoms with Crippen molar-refractivity contribution in [3.63, 3.8) is 0 Å². The van der Waals surface area contributed by atoms with E-state index in [0.29, 0.717) is 6.61 Å². The van der Waals surface area contributed by atoms with Crippen LogP contribution in [0.15, 0.2) is 24.3 Å². The molecular formula is C13H18N2O. The first-order chi connectivity index (χ1) is 7.83. The van der Waals surface area contributed by atoms with Gasteiger partial charge in [-0.3, -0.25) is 0 Å². The van der Waals surface area contributed by atoms with Crippen LogP contribution < -0.4 is 4.90 Å². The molecule has 16 heavy (non-hydrogen) atoms. The molecule has 0 heterocycles. The van der Waals surface area contributed by atoms with Gasteiger partial charge in [-0.25, -0.2) is 0 Å². The summed E-state index contributed by atoms with van der Waals surface area (Å²) in [5.41, 5.74) is 1.72. The Morgan fingerprint density at radius 1 is 1.31 bits per heavy atom. The van der Waals surface area contributed by atoms with Crippen LogP contribution >= 0.6 is 0 Å². The third kappa shape index (κ3) is 3.25. The van der Waals surface area contributed by atoms with Gasteiger partial charge in [-0.1, -0.05) is 12.1 Å². The highest BCUT2D eigenvalue weighted by atomic mass is 16.5. The zero-order valence-corrected chi connectivity index (χ0v) is 9.94. The Hall–Kier alpha value is -1.53. The van der Waals surface area contributed by atoms with Gasteiger partial charge in [-0.2, -0.15) is 5.26 Å². The Labute approximate surface area is 97.3 Å². The lowest BCUT2D eigenvalue weighted by Crippen LogP contribution is -2.27. The van der Waals surface area contributed by atoms with E-state index in [1.165, 1.54) is 0 Å². The average Bonchev–Trinajstić information content (AvgIpc) is 2.35. The molecule has 3 nitrogen and oxygen atoms in total. The van der Waals surface area contributed by atoms with Crippen molar-refractivity contribution < 1.29 is 4.74 Å². The molecule has 0 unspecified atom stereocenters. The lowest BCUT2D eigenvalue weighted by atomic mass is 10.2. The van der Waals surface area contributed by atoms with Gasteiger partial charge in [0.05, 0.1) is 17.9 Å². The fraction of sp³-hybridized carbons (Fsp3) is 0.462. The molecule has 0 aliphatic rings. The summed E-state index contributed by atoms with van der Waals surface area (Å²) < 4.78 is 5.34. The number of nitriles is 1. The molecule has 0 aliphatic carbocycles. The molecule has 3 heteroatoms. The maximum absolute atomic E-state index is 9.03. The maximum Gasteiger partial charge on any atom is 0.101 e. The van der Waals surface area contributed by atoms with E-state index < -0.39 is 0 Å². The molecule has 1 aromatic carbocycles. The van der Waals surface area contributed by atoms with Gasteiger partial charge in [0.15, 0.2) is 0 Å². The molecular weight excluding hydrogens is 200 g/mol. The topological polar surface area (TPSA) is 36.3 Å². The van der Waals surface area contributed by atoms with Crippen molar-refractivity contribution in [3.8, 4) is 6.07 Å². The highest BCUT2D eigenvalue weighted by molar-refractivity contribution is 5.59. The first-order valence-electron chi connectivity index (χ1n) is 5.65. The normalized spacial score (nSPS) is 9.81. The minimum Gasteiger partial charge on any atom is -0.380 e. The molecule has 0 aromatic heterocycles. The second kappa shape index (κ2) is 6.86. The summed E-state index contributed by atoms with van der Waals surface area (Å²) in [7, 11) is 0. The van der Waals surface area contributed by atoms with Gasteiger partial charge in [0, 0.05) is 19.7 Å². The van der Waals surface area contributed by atoms with Gasteiger partial charge in [0.1, 0.15) is 6.07 Å². The van der Waals surface area contributed by atoms with Crippen LogP contribution in [0.3, 0.4) is 0 Å². The van der Waals surface area contributed by atoms with Crippen molar-refractivity contribution in [1.82, 2.24) is 0 Å². The Balaban J connectivity index is 2.74. The van der Waals surface area contributed by atoms with Crippen LogP contribution in [0.25, 0.3) is 0 Å². The molecule has 0 atom stereocenters. The van der Waals surface area contributed by atoms with Crippen molar-refractivity contribution in [1.29, 1.82) is 5.26 Å². The van der Waals surface area contributed by atoms with E-state index in [0.717, 1.165) is 30.9 Å². The number of nitrogens with zero attached hydrogens (tertiary/aromatic N) is 2. The monoisotopic (exact) mass is 218 g/mol. The minimum absolute atomic E-state index is 0.699. The van der Waals surface area contributed by atoms with E-state index in [9.17, 15) is 0 Å². The van der Waals surface area contributed by atoms with Crippen molar-refractivity contribution in [2.45, 2.75) is 13.8 Å². The van der Waals surface area contributed by atoms with Gasteiger partial charge < -0.3 is 9.64 Å². The zero-order chi connectivity index (χ0) is 11.8. The Morgan fingerprint density at radius 3 is 2.69 bits per heavy atom. The minimum atomic E-state index is 0.699. The summed E-state index contributed by atoms with van der Waals surface area (Å²) in [5.74, 6) is 0. The summed E-state index contributed by atoms with van der Waals surface area (Å²) in [6, 6.07) is 9.89. The smallest absolute Gasteiger partial charge is 0.101 e. The van der Waals surface area contributed by atoms with Gasteiger partial charge in [-0.15, -0.1) is 0 Å². The lowest BCUT2D eigenvalue weighted by Gasteiger charge is -2.23. The van der Waals surface area contributed by atoms with Crippen LogP contribution in [0, 0.1) is 11.3 Å². The number of hydrogen-bond acceptors (Lipinski definition) is 3. The van der Waals surface area contributed by atoms with Crippen molar-refractivity contribution >= 4 is 5.69 Å². The molecule has 0 saturated carbocycles. The van der Waals surface area contributed by atoms with Gasteiger partial charge in [-0.05, 0) is 26.0 Å². The van der Waals surface area contributed by atoms with E-state index >= 15 is 0 Å². The number of rotatable bonds is 6. The molecule has 0 spiro atoms. The Kier molecular flexibility index (Phi) is 5.38. The van der Waals surface area contributed by atoms with E-state index in [4.69, 9.17) is 10.00 Å². The zero-order valence-electron chi connectivity index (χ0n) is 9.94. The van der Waals surface area contributed by atoms with Gasteiger partial charge in [0.25, 0.3) is 0 Å². The Morgan fingerprint density at radius 2 is 2.06 bits per heavy atom. The van der Waals surface area contributed by atoms with E-state index in [1.807, 2.05) is 31.2 Å². The van der Waals surface area contributed by atoms with E-state index in [-0.39, 0.29) is 0 Å². The highest BCUT2D eigenvalue weighted by Crippen LogP contribution is 2.18. The lowest BCUT2D eigenvalue weighted by molar-refractivity contribution is 0.154. The number of para-hydroxylation sites is 1. The molecule has 0 bridgehead atoms. The molecule has 1 aromatic rings. The molecule has 0 saturated heterocycles. The average molecular weight is 218 g/mol. The number of ether oxygens (including phenoxy) is 1. The SMILES string of the molecule is CCOCCN(CC)c1ccccc1C#N. The van der Waals surface area contributed by atoms with Crippen LogP contribution in [-0.2, 0) is 4.74 Å². The van der Waals surface area contributed by atoms with Crippen molar-refractivity contribution in [2.24, 2.45) is 0 Å². The van der Waals surface area contributed by atoms with Gasteiger partial charge >= 0.3 is 0 Å². The van der Waals surface area contributed by atoms with Crippen LogP contribution in [-0.4, -0.2) is 26.3 Å². The van der Waals surface area contributed by atoms with Crippen molar-refractivity contribution in [2.75, 3.05) is 31.2 Å². The molecule has 1 rings (SSSR count). The highest BCUT2D eigenvalue weighted by Gasteiger charge is 2.08. The predicted molar refractivity (Wildman–Crippen MR) is 65.5 cm³/mol. The second-order valence-electron chi connectivity index (χ2n) is 3.41. The fourth-order valence-electron chi connectivity index (χ4n) is 1.61. The largest absolute Gasteiger partial charge is 0.380 e. The molecule has 86 valence electrons. The van der Waals surface area contributed by atoms with Crippen LogP contribution in [0.4, 0.5) is 5.69 Å². The summed E-state index contributed by atoms with van der Waals surface area (Å²) in [6.07, 6.45) is 0. The third-order valence-electron chi connectivity index (χ3n) is 2.46. The quantitative estimate of drug-likeness (QED) is 0.688. The van der Waals surface area contributed by atoms with Crippen molar-refractivity contribution in [3.05, 3.63) is 29.8 Å². The maximum atomic E-state index is 9.03. The second-order valence-corrected chi connectivity index (χ2v) is 3.41. The summed E-state index contributed by atoms with van der Waals surface area (Å²) in [5, 5.41) is 9.03. The van der Waals surface area contributed by atoms with E-state index in [1.54, 1.807) is 0 Å². The first kappa shape index (κ1) is 12.5. The van der Waals surface area contributed by atoms with Crippen LogP contribution in [0.1, 0.15) is 19.4 Å². The molecule has 0 aliphatic heterocycles. The standard InChI is InChI=1S/C13H18N2O/c1-3-15(9-10-16-4-2)13-8-6-5-7-12(13)11-14/h5-8H,3-4,9-10H2,1-2H3. The summed E-state index contributed by atoms with van der Waals surface area (Å²) in [4.78, 5) is 2.16. The predicted octanol–water partition coefficient (Wildman–Crippen LogP) is 2.42. The number of anilines is 1. The summed E-state index contributed by atoms with van der Waals surface area (Å²) in [6.45, 7) is 7.20. The first-order valence-corrected chi connectivity index (χ1v) is 5.65. The Bertz CT molecular complexity index is 357. The van der Waals surface area contributed by atoms with Crippen LogP contribution in [0.2, 0.25) is 0 Å². The summed E-state index contributed by atoms with van der Waals surface area (Å²) >= 11 is 0. The molecule has 0 amide bonds.